The first kappa shape index (κ1) is 14.8. The summed E-state index contributed by atoms with van der Waals surface area (Å²) in [4.78, 5) is 0.206. The van der Waals surface area contributed by atoms with Crippen molar-refractivity contribution >= 4 is 15.9 Å². The molecule has 9 heteroatoms. The minimum atomic E-state index is -3.71. The molecule has 1 unspecified atom stereocenters. The maximum atomic E-state index is 12.8. The Kier molecular flexibility index (Phi) is 3.74. The number of sulfonamides is 1. The van der Waals surface area contributed by atoms with E-state index < -0.39 is 16.1 Å². The van der Waals surface area contributed by atoms with Crippen molar-refractivity contribution in [3.05, 3.63) is 11.4 Å². The highest BCUT2D eigenvalue weighted by atomic mass is 32.2. The van der Waals surface area contributed by atoms with Crippen LogP contribution in [0.4, 0.5) is 0 Å². The lowest BCUT2D eigenvalue weighted by Crippen LogP contribution is -2.44. The van der Waals surface area contributed by atoms with Crippen LogP contribution in [0.1, 0.15) is 24.2 Å². The molecule has 8 nitrogen and oxygen atoms in total. The molecule has 0 saturated carbocycles. The van der Waals surface area contributed by atoms with Crippen molar-refractivity contribution in [2.24, 2.45) is 17.9 Å². The highest BCUT2D eigenvalue weighted by Gasteiger charge is 2.40. The van der Waals surface area contributed by atoms with Crippen molar-refractivity contribution in [1.82, 2.24) is 14.1 Å². The van der Waals surface area contributed by atoms with Gasteiger partial charge in [0.1, 0.15) is 4.90 Å². The number of nitrogens with zero attached hydrogens (tertiary/aromatic N) is 4. The minimum Gasteiger partial charge on any atom is -0.409 e. The lowest BCUT2D eigenvalue weighted by molar-refractivity contribution is 0.311. The minimum absolute atomic E-state index is 0.0785. The van der Waals surface area contributed by atoms with Gasteiger partial charge in [-0.3, -0.25) is 4.68 Å². The zero-order valence-corrected chi connectivity index (χ0v) is 12.6. The molecule has 2 heterocycles. The SMILES string of the molecule is Cc1nn(C)c(C)c1S(=O)(=O)N1CCCC1C(N)=NO. The van der Waals surface area contributed by atoms with Crippen molar-refractivity contribution in [2.75, 3.05) is 6.54 Å². The molecule has 1 aromatic heterocycles. The van der Waals surface area contributed by atoms with Crippen LogP contribution in [0.2, 0.25) is 0 Å². The van der Waals surface area contributed by atoms with E-state index in [2.05, 4.69) is 10.3 Å². The molecule has 1 atom stereocenters. The van der Waals surface area contributed by atoms with Gasteiger partial charge in [0.25, 0.3) is 0 Å². The third kappa shape index (κ3) is 2.16. The summed E-state index contributed by atoms with van der Waals surface area (Å²) in [5.74, 6) is -0.0785. The molecule has 1 aliphatic rings. The number of nitrogens with two attached hydrogens (primary N) is 1. The zero-order valence-electron chi connectivity index (χ0n) is 11.7. The quantitative estimate of drug-likeness (QED) is 0.351. The fourth-order valence-corrected chi connectivity index (χ4v) is 4.71. The molecule has 0 bridgehead atoms. The number of hydrogen-bond acceptors (Lipinski definition) is 5. The fraction of sp³-hybridized carbons (Fsp3) is 0.636. The Balaban J connectivity index is 2.50. The van der Waals surface area contributed by atoms with Crippen LogP contribution in [0.25, 0.3) is 0 Å². The maximum Gasteiger partial charge on any atom is 0.247 e. The van der Waals surface area contributed by atoms with E-state index >= 15 is 0 Å². The standard InChI is InChI=1S/C11H19N5O3S/c1-7-10(8(2)15(3)13-7)20(18,19)16-6-4-5-9(16)11(12)14-17/h9,17H,4-6H2,1-3H3,(H2,12,14). The molecule has 1 fully saturated rings. The van der Waals surface area contributed by atoms with Gasteiger partial charge in [-0.1, -0.05) is 5.16 Å². The average molecular weight is 301 g/mol. The van der Waals surface area contributed by atoms with Gasteiger partial charge in [-0.05, 0) is 26.7 Å². The largest absolute Gasteiger partial charge is 0.409 e. The monoisotopic (exact) mass is 301 g/mol. The van der Waals surface area contributed by atoms with Gasteiger partial charge >= 0.3 is 0 Å². The lowest BCUT2D eigenvalue weighted by Gasteiger charge is -2.23. The second-order valence-corrected chi connectivity index (χ2v) is 6.75. The predicted octanol–water partition coefficient (Wildman–Crippen LogP) is -0.0636. The maximum absolute atomic E-state index is 12.8. The molecule has 1 saturated heterocycles. The van der Waals surface area contributed by atoms with Crippen molar-refractivity contribution in [3.8, 4) is 0 Å². The first-order chi connectivity index (χ1) is 9.30. The van der Waals surface area contributed by atoms with Crippen LogP contribution in [0.3, 0.4) is 0 Å². The van der Waals surface area contributed by atoms with Gasteiger partial charge in [0.2, 0.25) is 10.0 Å². The molecular weight excluding hydrogens is 282 g/mol. The van der Waals surface area contributed by atoms with E-state index in [0.29, 0.717) is 30.8 Å². The number of aryl methyl sites for hydroxylation is 2. The molecule has 0 radical (unpaired) electrons. The molecule has 3 N–H and O–H groups in total. The third-order valence-corrected chi connectivity index (χ3v) is 5.83. The third-order valence-electron chi connectivity index (χ3n) is 3.67. The molecule has 0 amide bonds. The summed E-state index contributed by atoms with van der Waals surface area (Å²) in [5.41, 5.74) is 6.63. The summed E-state index contributed by atoms with van der Waals surface area (Å²) in [6, 6.07) is -0.594. The Labute approximate surface area is 117 Å². The lowest BCUT2D eigenvalue weighted by atomic mass is 10.2. The van der Waals surface area contributed by atoms with Crippen molar-refractivity contribution < 1.29 is 13.6 Å². The van der Waals surface area contributed by atoms with E-state index in [9.17, 15) is 8.42 Å². The summed E-state index contributed by atoms with van der Waals surface area (Å²) < 4.78 is 28.4. The molecule has 112 valence electrons. The van der Waals surface area contributed by atoms with Crippen molar-refractivity contribution in [2.45, 2.75) is 37.6 Å². The van der Waals surface area contributed by atoms with Gasteiger partial charge in [0, 0.05) is 13.6 Å². The molecule has 20 heavy (non-hydrogen) atoms. The Morgan fingerprint density at radius 1 is 1.50 bits per heavy atom. The summed E-state index contributed by atoms with van der Waals surface area (Å²) >= 11 is 0. The summed E-state index contributed by atoms with van der Waals surface area (Å²) in [7, 11) is -2.00. The van der Waals surface area contributed by atoms with Crippen molar-refractivity contribution in [1.29, 1.82) is 0 Å². The van der Waals surface area contributed by atoms with E-state index in [1.54, 1.807) is 20.9 Å². The van der Waals surface area contributed by atoms with Gasteiger partial charge in [0.15, 0.2) is 5.84 Å². The predicted molar refractivity (Wildman–Crippen MR) is 73.0 cm³/mol. The summed E-state index contributed by atoms with van der Waals surface area (Å²) in [6.45, 7) is 3.73. The van der Waals surface area contributed by atoms with Crippen LogP contribution in [0.15, 0.2) is 10.1 Å². The first-order valence-electron chi connectivity index (χ1n) is 6.30. The van der Waals surface area contributed by atoms with E-state index in [4.69, 9.17) is 10.9 Å². The number of amidine groups is 1. The highest BCUT2D eigenvalue weighted by molar-refractivity contribution is 7.89. The van der Waals surface area contributed by atoms with Gasteiger partial charge in [-0.15, -0.1) is 0 Å². The van der Waals surface area contributed by atoms with E-state index in [-0.39, 0.29) is 10.7 Å². The van der Waals surface area contributed by atoms with E-state index in [1.165, 1.54) is 8.99 Å². The first-order valence-corrected chi connectivity index (χ1v) is 7.74. The smallest absolute Gasteiger partial charge is 0.247 e. The van der Waals surface area contributed by atoms with Crippen LogP contribution >= 0.6 is 0 Å². The molecule has 1 aliphatic heterocycles. The van der Waals surface area contributed by atoms with Crippen LogP contribution in [-0.2, 0) is 17.1 Å². The number of rotatable bonds is 3. The number of oxime groups is 1. The second-order valence-electron chi connectivity index (χ2n) is 4.92. The molecule has 1 aromatic rings. The average Bonchev–Trinajstić information content (AvgIpc) is 2.95. The Hall–Kier alpha value is -1.61. The number of aromatic nitrogens is 2. The van der Waals surface area contributed by atoms with Crippen LogP contribution < -0.4 is 5.73 Å². The van der Waals surface area contributed by atoms with Gasteiger partial charge in [-0.2, -0.15) is 9.40 Å². The van der Waals surface area contributed by atoms with Gasteiger partial charge < -0.3 is 10.9 Å². The fourth-order valence-electron chi connectivity index (χ4n) is 2.63. The van der Waals surface area contributed by atoms with Crippen LogP contribution in [-0.4, -0.2) is 46.1 Å². The topological polar surface area (TPSA) is 114 Å². The van der Waals surface area contributed by atoms with Gasteiger partial charge in [-0.25, -0.2) is 8.42 Å². The molecule has 0 aliphatic carbocycles. The second kappa shape index (κ2) is 5.06. The molecule has 2 rings (SSSR count). The van der Waals surface area contributed by atoms with E-state index in [0.717, 1.165) is 0 Å². The molecule has 0 aromatic carbocycles. The number of hydrogen-bond donors (Lipinski definition) is 2. The Morgan fingerprint density at radius 3 is 2.65 bits per heavy atom. The summed E-state index contributed by atoms with van der Waals surface area (Å²) in [5, 5.41) is 15.9. The Bertz CT molecular complexity index is 649. The van der Waals surface area contributed by atoms with Gasteiger partial charge in [0.05, 0.1) is 17.4 Å². The van der Waals surface area contributed by atoms with E-state index in [1.807, 2.05) is 0 Å². The Morgan fingerprint density at radius 2 is 2.15 bits per heavy atom. The highest BCUT2D eigenvalue weighted by Crippen LogP contribution is 2.29. The molecule has 0 spiro atoms. The van der Waals surface area contributed by atoms with Crippen LogP contribution in [0, 0.1) is 13.8 Å². The summed E-state index contributed by atoms with van der Waals surface area (Å²) in [6.07, 6.45) is 1.23. The van der Waals surface area contributed by atoms with Crippen LogP contribution in [0.5, 0.6) is 0 Å². The zero-order chi connectivity index (χ0) is 15.1. The van der Waals surface area contributed by atoms with Crippen molar-refractivity contribution in [3.63, 3.8) is 0 Å². The normalized spacial score (nSPS) is 21.6. The molecular formula is C11H19N5O3S.